The zero-order valence-corrected chi connectivity index (χ0v) is 27.4. The summed E-state index contributed by atoms with van der Waals surface area (Å²) in [6.45, 7) is 5.35. The summed E-state index contributed by atoms with van der Waals surface area (Å²) in [6, 6.07) is 23.7. The third-order valence-electron chi connectivity index (χ3n) is 7.44. The van der Waals surface area contributed by atoms with Crippen LogP contribution in [0.25, 0.3) is 6.08 Å². The van der Waals surface area contributed by atoms with Crippen molar-refractivity contribution in [3.05, 3.63) is 129 Å². The second kappa shape index (κ2) is 13.8. The fourth-order valence-electron chi connectivity index (χ4n) is 5.08. The minimum Gasteiger partial charge on any atom is -0.497 e. The van der Waals surface area contributed by atoms with Gasteiger partial charge in [0.15, 0.2) is 0 Å². The number of carbonyl (C=O) groups excluding carboxylic acids is 2. The Balaban J connectivity index is 1.48. The van der Waals surface area contributed by atoms with Gasteiger partial charge < -0.3 is 13.9 Å². The van der Waals surface area contributed by atoms with Crippen LogP contribution >= 0.6 is 11.6 Å². The van der Waals surface area contributed by atoms with E-state index in [1.165, 1.54) is 15.3 Å². The van der Waals surface area contributed by atoms with Crippen molar-refractivity contribution in [2.75, 3.05) is 18.6 Å². The Morgan fingerprint density at radius 3 is 2.24 bits per heavy atom. The quantitative estimate of drug-likeness (QED) is 0.127. The molecule has 0 atom stereocenters. The van der Waals surface area contributed by atoms with Gasteiger partial charge in [-0.05, 0) is 93.1 Å². The molecular formula is C35H33ClN2O7S. The van der Waals surface area contributed by atoms with Gasteiger partial charge in [0.2, 0.25) is 10.0 Å². The van der Waals surface area contributed by atoms with Gasteiger partial charge in [0, 0.05) is 23.0 Å². The van der Waals surface area contributed by atoms with Crippen molar-refractivity contribution in [2.24, 2.45) is 0 Å². The molecule has 0 bridgehead atoms. The second-order valence-electron chi connectivity index (χ2n) is 10.6. The Hall–Kier alpha value is -4.64. The lowest BCUT2D eigenvalue weighted by Gasteiger charge is -2.21. The topological polar surface area (TPSA) is 106 Å². The summed E-state index contributed by atoms with van der Waals surface area (Å²) in [5, 5.41) is 0.541. The molecule has 0 radical (unpaired) electrons. The van der Waals surface area contributed by atoms with Gasteiger partial charge in [0.05, 0.1) is 36.3 Å². The van der Waals surface area contributed by atoms with E-state index >= 15 is 0 Å². The number of benzene rings is 3. The predicted molar refractivity (Wildman–Crippen MR) is 176 cm³/mol. The van der Waals surface area contributed by atoms with Crippen LogP contribution in [0, 0.1) is 6.92 Å². The number of halogens is 1. The molecule has 0 saturated heterocycles. The van der Waals surface area contributed by atoms with Crippen LogP contribution < -0.4 is 9.64 Å². The summed E-state index contributed by atoms with van der Waals surface area (Å²) < 4.78 is 45.5. The Bertz CT molecular complexity index is 1910. The number of carbonyl (C=O) groups is 2. The zero-order chi connectivity index (χ0) is 33.0. The average Bonchev–Trinajstić information content (AvgIpc) is 3.58. The van der Waals surface area contributed by atoms with E-state index in [4.69, 9.17) is 25.5 Å². The van der Waals surface area contributed by atoms with E-state index in [0.717, 1.165) is 11.1 Å². The molecule has 0 aliphatic carbocycles. The average molecular weight is 661 g/mol. The summed E-state index contributed by atoms with van der Waals surface area (Å²) in [7, 11) is -2.39. The van der Waals surface area contributed by atoms with Crippen molar-refractivity contribution in [2.45, 2.75) is 38.8 Å². The van der Waals surface area contributed by atoms with Crippen LogP contribution in [-0.4, -0.2) is 38.3 Å². The predicted octanol–water partition coefficient (Wildman–Crippen LogP) is 6.91. The van der Waals surface area contributed by atoms with Crippen LogP contribution in [-0.2, 0) is 37.4 Å². The number of rotatable bonds is 11. The van der Waals surface area contributed by atoms with Crippen LogP contribution in [0.3, 0.4) is 0 Å². The molecule has 4 aromatic rings. The molecule has 9 nitrogen and oxygen atoms in total. The normalized spacial score (nSPS) is 14.4. The SMILES string of the molecule is CCOC(=O)C1=C(C)N(c2ccc(OC)cc2)C(=O)/C1=C/c1ccc(CN(Cc2ccc(Cl)cc2)S(=O)(=O)c2ccc(C)cc2)o1. The lowest BCUT2D eigenvalue weighted by Crippen LogP contribution is -2.30. The number of furan rings is 1. The fraction of sp³-hybridized carbons (Fsp3) is 0.200. The number of hydrogen-bond acceptors (Lipinski definition) is 7. The van der Waals surface area contributed by atoms with Crippen molar-refractivity contribution >= 4 is 45.3 Å². The monoisotopic (exact) mass is 660 g/mol. The number of hydrogen-bond donors (Lipinski definition) is 0. The molecule has 0 spiro atoms. The Kier molecular flexibility index (Phi) is 9.81. The van der Waals surface area contributed by atoms with E-state index in [1.807, 2.05) is 6.92 Å². The number of amides is 1. The third-order valence-corrected chi connectivity index (χ3v) is 9.50. The number of methoxy groups -OCH3 is 1. The summed E-state index contributed by atoms with van der Waals surface area (Å²) in [5.74, 6) is 0.155. The largest absolute Gasteiger partial charge is 0.497 e. The number of aryl methyl sites for hydroxylation is 1. The molecule has 46 heavy (non-hydrogen) atoms. The molecule has 0 fully saturated rings. The molecule has 1 aliphatic rings. The fourth-order valence-corrected chi connectivity index (χ4v) is 6.60. The molecule has 1 amide bonds. The van der Waals surface area contributed by atoms with Crippen molar-refractivity contribution in [1.29, 1.82) is 0 Å². The van der Waals surface area contributed by atoms with Crippen LogP contribution in [0.15, 0.2) is 111 Å². The minimum atomic E-state index is -3.94. The molecule has 11 heteroatoms. The number of ether oxygens (including phenoxy) is 2. The smallest absolute Gasteiger partial charge is 0.340 e. The van der Waals surface area contributed by atoms with E-state index < -0.39 is 21.9 Å². The van der Waals surface area contributed by atoms with E-state index in [9.17, 15) is 18.0 Å². The zero-order valence-electron chi connectivity index (χ0n) is 25.8. The second-order valence-corrected chi connectivity index (χ2v) is 13.0. The lowest BCUT2D eigenvalue weighted by molar-refractivity contribution is -0.138. The lowest BCUT2D eigenvalue weighted by atomic mass is 10.1. The van der Waals surface area contributed by atoms with E-state index in [0.29, 0.717) is 27.9 Å². The summed E-state index contributed by atoms with van der Waals surface area (Å²) >= 11 is 6.06. The number of nitrogens with zero attached hydrogens (tertiary/aromatic N) is 2. The van der Waals surface area contributed by atoms with Crippen LogP contribution in [0.5, 0.6) is 5.75 Å². The number of anilines is 1. The van der Waals surface area contributed by atoms with Gasteiger partial charge in [-0.3, -0.25) is 9.69 Å². The molecule has 1 aliphatic heterocycles. The van der Waals surface area contributed by atoms with E-state index in [-0.39, 0.29) is 41.5 Å². The van der Waals surface area contributed by atoms with Crippen LogP contribution in [0.4, 0.5) is 5.69 Å². The molecule has 0 unspecified atom stereocenters. The molecule has 5 rings (SSSR count). The third kappa shape index (κ3) is 6.94. The first-order valence-electron chi connectivity index (χ1n) is 14.5. The molecule has 238 valence electrons. The first kappa shape index (κ1) is 32.7. The molecule has 3 aromatic carbocycles. The molecule has 0 N–H and O–H groups in total. The van der Waals surface area contributed by atoms with Gasteiger partial charge in [-0.15, -0.1) is 0 Å². The van der Waals surface area contributed by atoms with Gasteiger partial charge >= 0.3 is 5.97 Å². The minimum absolute atomic E-state index is 0.0642. The highest BCUT2D eigenvalue weighted by atomic mass is 35.5. The Morgan fingerprint density at radius 2 is 1.61 bits per heavy atom. The van der Waals surface area contributed by atoms with Gasteiger partial charge in [0.1, 0.15) is 17.3 Å². The first-order valence-corrected chi connectivity index (χ1v) is 16.3. The van der Waals surface area contributed by atoms with E-state index in [2.05, 4.69) is 0 Å². The highest BCUT2D eigenvalue weighted by Gasteiger charge is 2.38. The summed E-state index contributed by atoms with van der Waals surface area (Å²) in [4.78, 5) is 28.4. The summed E-state index contributed by atoms with van der Waals surface area (Å²) in [6.07, 6.45) is 1.48. The Morgan fingerprint density at radius 1 is 0.935 bits per heavy atom. The van der Waals surface area contributed by atoms with Crippen molar-refractivity contribution in [3.8, 4) is 5.75 Å². The summed E-state index contributed by atoms with van der Waals surface area (Å²) in [5.41, 5.74) is 2.84. The van der Waals surface area contributed by atoms with Gasteiger partial charge in [-0.1, -0.05) is 41.4 Å². The van der Waals surface area contributed by atoms with Crippen LogP contribution in [0.2, 0.25) is 5.02 Å². The van der Waals surface area contributed by atoms with Crippen LogP contribution in [0.1, 0.15) is 36.5 Å². The standard InChI is InChI=1S/C35H33ClN2O7S/c1-5-44-35(40)33-24(3)38(27-12-14-28(43-4)15-13-27)34(39)32(33)20-29-16-17-30(45-29)22-37(21-25-8-10-26(36)11-9-25)46(41,42)31-18-6-23(2)7-19-31/h6-20H,5,21-22H2,1-4H3/b32-20+. The first-order chi connectivity index (χ1) is 22.0. The maximum absolute atomic E-state index is 13.8. The number of allylic oxidation sites excluding steroid dienone is 1. The Labute approximate surface area is 273 Å². The maximum atomic E-state index is 13.8. The molecular weight excluding hydrogens is 628 g/mol. The molecule has 0 saturated carbocycles. The highest BCUT2D eigenvalue weighted by molar-refractivity contribution is 7.89. The van der Waals surface area contributed by atoms with Gasteiger partial charge in [-0.2, -0.15) is 4.31 Å². The highest BCUT2D eigenvalue weighted by Crippen LogP contribution is 2.36. The maximum Gasteiger partial charge on any atom is 0.340 e. The number of sulfonamides is 1. The van der Waals surface area contributed by atoms with Crippen molar-refractivity contribution in [3.63, 3.8) is 0 Å². The van der Waals surface area contributed by atoms with E-state index in [1.54, 1.807) is 106 Å². The molecule has 1 aromatic heterocycles. The van der Waals surface area contributed by atoms with Gasteiger partial charge in [0.25, 0.3) is 5.91 Å². The van der Waals surface area contributed by atoms with Crippen molar-refractivity contribution in [1.82, 2.24) is 4.31 Å². The van der Waals surface area contributed by atoms with Gasteiger partial charge in [-0.25, -0.2) is 13.2 Å². The number of esters is 1. The van der Waals surface area contributed by atoms with Crippen molar-refractivity contribution < 1.29 is 31.9 Å². The molecule has 2 heterocycles.